The van der Waals surface area contributed by atoms with Crippen molar-refractivity contribution in [1.29, 1.82) is 0 Å². The Morgan fingerprint density at radius 1 is 1.24 bits per heavy atom. The monoisotopic (exact) mass is 452 g/mol. The van der Waals surface area contributed by atoms with Crippen molar-refractivity contribution in [2.24, 2.45) is 13.0 Å². The molecule has 3 aromatic heterocycles. The van der Waals surface area contributed by atoms with Gasteiger partial charge in [-0.1, -0.05) is 12.0 Å². The number of nitrogen functional groups attached to an aromatic ring is 1. The summed E-state index contributed by atoms with van der Waals surface area (Å²) in [6.45, 7) is 4.62. The summed E-state index contributed by atoms with van der Waals surface area (Å²) in [5.74, 6) is 3.90. The molecular formula is C28H32N6. The normalized spacial score (nSPS) is 21.7. The summed E-state index contributed by atoms with van der Waals surface area (Å²) < 4.78 is 2.14. The highest BCUT2D eigenvalue weighted by Crippen LogP contribution is 2.50. The van der Waals surface area contributed by atoms with Gasteiger partial charge in [-0.25, -0.2) is 15.0 Å². The minimum absolute atomic E-state index is 0.531. The fraction of sp³-hybridized carbons (Fsp3) is 0.464. The molecule has 2 aliphatic carbocycles. The first kappa shape index (κ1) is 21.4. The molecule has 6 heteroatoms. The number of fused-ring (bicyclic) bond motifs is 1. The van der Waals surface area contributed by atoms with Gasteiger partial charge in [0.1, 0.15) is 23.5 Å². The highest BCUT2D eigenvalue weighted by Gasteiger charge is 2.50. The zero-order chi connectivity index (χ0) is 23.4. The van der Waals surface area contributed by atoms with Gasteiger partial charge >= 0.3 is 0 Å². The Hall–Kier alpha value is -3.17. The molecule has 0 bridgehead atoms. The summed E-state index contributed by atoms with van der Waals surface area (Å²) in [6, 6.07) is 1.97. The van der Waals surface area contributed by atoms with Crippen LogP contribution in [0, 0.1) is 25.2 Å². The Bertz CT molecular complexity index is 1350. The average Bonchev–Trinajstić information content (AvgIpc) is 3.44. The van der Waals surface area contributed by atoms with Crippen molar-refractivity contribution in [3.8, 4) is 23.6 Å². The molecule has 2 N–H and O–H groups in total. The first-order valence-electron chi connectivity index (χ1n) is 12.5. The molecule has 0 radical (unpaired) electrons. The van der Waals surface area contributed by atoms with Gasteiger partial charge in [0.2, 0.25) is 0 Å². The summed E-state index contributed by atoms with van der Waals surface area (Å²) in [5, 5.41) is 0.946. The van der Waals surface area contributed by atoms with Crippen molar-refractivity contribution in [1.82, 2.24) is 24.4 Å². The number of pyridine rings is 1. The lowest BCUT2D eigenvalue weighted by Crippen LogP contribution is -2.36. The van der Waals surface area contributed by atoms with Crippen LogP contribution in [0.15, 0.2) is 24.7 Å². The highest BCUT2D eigenvalue weighted by molar-refractivity contribution is 6.04. The number of likely N-dealkylation sites (tertiary alicyclic amines) is 1. The molecule has 6 rings (SSSR count). The second-order valence-electron chi connectivity index (χ2n) is 10.4. The Morgan fingerprint density at radius 2 is 2.09 bits per heavy atom. The van der Waals surface area contributed by atoms with Gasteiger partial charge in [0.25, 0.3) is 0 Å². The Balaban J connectivity index is 1.40. The zero-order valence-electron chi connectivity index (χ0n) is 20.1. The van der Waals surface area contributed by atoms with E-state index in [1.165, 1.54) is 50.8 Å². The maximum Gasteiger partial charge on any atom is 0.146 e. The van der Waals surface area contributed by atoms with Crippen LogP contribution in [0.1, 0.15) is 61.8 Å². The van der Waals surface area contributed by atoms with E-state index in [1.54, 1.807) is 6.33 Å². The lowest BCUT2D eigenvalue weighted by Gasteiger charge is -2.31. The van der Waals surface area contributed by atoms with E-state index in [4.69, 9.17) is 12.2 Å². The Morgan fingerprint density at radius 3 is 2.79 bits per heavy atom. The molecule has 3 aromatic rings. The van der Waals surface area contributed by atoms with E-state index in [2.05, 4.69) is 50.4 Å². The van der Waals surface area contributed by atoms with Gasteiger partial charge in [-0.3, -0.25) is 4.90 Å². The molecule has 1 spiro atoms. The quantitative estimate of drug-likeness (QED) is 0.580. The van der Waals surface area contributed by atoms with E-state index in [0.717, 1.165) is 52.2 Å². The van der Waals surface area contributed by atoms with Crippen molar-refractivity contribution >= 4 is 22.4 Å². The molecule has 6 nitrogen and oxygen atoms in total. The smallest absolute Gasteiger partial charge is 0.146 e. The zero-order valence-corrected chi connectivity index (χ0v) is 20.1. The standard InChI is InChI=1S/C28H32N6/c1-4-21-14-18(2)22(15-30-21)25-23(24-26(29)31-17-32-27(24)33(25)3)20-8-6-19(7-9-20)16-34-13-5-10-28(34)11-12-28/h1,8,14-15,17,19H,5-7,9-13,16H2,2-3H3,(H2,29,31,32). The van der Waals surface area contributed by atoms with Crippen LogP contribution < -0.4 is 5.73 Å². The first-order valence-corrected chi connectivity index (χ1v) is 12.5. The van der Waals surface area contributed by atoms with Crippen LogP contribution in [-0.4, -0.2) is 43.0 Å². The van der Waals surface area contributed by atoms with E-state index in [0.29, 0.717) is 17.1 Å². The topological polar surface area (TPSA) is 72.9 Å². The summed E-state index contributed by atoms with van der Waals surface area (Å²) in [5.41, 5.74) is 14.3. The maximum absolute atomic E-state index is 6.44. The lowest BCUT2D eigenvalue weighted by molar-refractivity contribution is 0.192. The summed E-state index contributed by atoms with van der Waals surface area (Å²) in [6.07, 6.45) is 20.4. The van der Waals surface area contributed by atoms with Gasteiger partial charge in [-0.05, 0) is 81.5 Å². The molecule has 174 valence electrons. The van der Waals surface area contributed by atoms with Gasteiger partial charge < -0.3 is 10.3 Å². The third-order valence-corrected chi connectivity index (χ3v) is 8.40. The van der Waals surface area contributed by atoms with Gasteiger partial charge in [0.05, 0.1) is 11.1 Å². The van der Waals surface area contributed by atoms with Crippen molar-refractivity contribution in [3.63, 3.8) is 0 Å². The minimum atomic E-state index is 0.531. The minimum Gasteiger partial charge on any atom is -0.383 e. The van der Waals surface area contributed by atoms with E-state index in [-0.39, 0.29) is 0 Å². The third-order valence-electron chi connectivity index (χ3n) is 8.40. The Kier molecular flexibility index (Phi) is 5.00. The number of hydrogen-bond acceptors (Lipinski definition) is 5. The van der Waals surface area contributed by atoms with Crippen molar-refractivity contribution in [2.75, 3.05) is 18.8 Å². The summed E-state index contributed by atoms with van der Waals surface area (Å²) in [4.78, 5) is 16.2. The predicted molar refractivity (Wildman–Crippen MR) is 137 cm³/mol. The highest BCUT2D eigenvalue weighted by atomic mass is 15.2. The SMILES string of the molecule is C#Cc1cc(C)c(-c2c(C3=CCC(CN4CCCC45CC5)CC3)c3c(N)ncnc3n2C)cn1. The van der Waals surface area contributed by atoms with Crippen LogP contribution >= 0.6 is 0 Å². The molecule has 0 amide bonds. The molecular weight excluding hydrogens is 420 g/mol. The number of nitrogens with two attached hydrogens (primary N) is 1. The molecule has 1 aliphatic heterocycles. The predicted octanol–water partition coefficient (Wildman–Crippen LogP) is 4.71. The number of anilines is 1. The number of nitrogens with zero attached hydrogens (tertiary/aromatic N) is 5. The van der Waals surface area contributed by atoms with E-state index in [1.807, 2.05) is 12.3 Å². The number of rotatable bonds is 4. The number of aromatic nitrogens is 4. The lowest BCUT2D eigenvalue weighted by atomic mass is 9.84. The number of hydrogen-bond donors (Lipinski definition) is 1. The molecule has 1 saturated heterocycles. The number of aryl methyl sites for hydroxylation is 2. The number of terminal acetylenes is 1. The molecule has 3 aliphatic rings. The van der Waals surface area contributed by atoms with Crippen LogP contribution in [0.4, 0.5) is 5.82 Å². The van der Waals surface area contributed by atoms with Crippen molar-refractivity contribution < 1.29 is 0 Å². The van der Waals surface area contributed by atoms with Gasteiger partial charge in [0, 0.05) is 36.5 Å². The van der Waals surface area contributed by atoms with Crippen LogP contribution in [-0.2, 0) is 7.05 Å². The van der Waals surface area contributed by atoms with E-state index >= 15 is 0 Å². The van der Waals surface area contributed by atoms with E-state index < -0.39 is 0 Å². The molecule has 0 aromatic carbocycles. The fourth-order valence-electron chi connectivity index (χ4n) is 6.37. The maximum atomic E-state index is 6.44. The van der Waals surface area contributed by atoms with E-state index in [9.17, 15) is 0 Å². The van der Waals surface area contributed by atoms with Crippen LogP contribution in [0.2, 0.25) is 0 Å². The molecule has 2 fully saturated rings. The summed E-state index contributed by atoms with van der Waals surface area (Å²) >= 11 is 0. The van der Waals surface area contributed by atoms with Crippen LogP contribution in [0.5, 0.6) is 0 Å². The Labute approximate surface area is 201 Å². The van der Waals surface area contributed by atoms with Gasteiger partial charge in [-0.15, -0.1) is 6.42 Å². The molecule has 1 saturated carbocycles. The van der Waals surface area contributed by atoms with Crippen molar-refractivity contribution in [2.45, 2.75) is 57.4 Å². The van der Waals surface area contributed by atoms with Gasteiger partial charge in [0.15, 0.2) is 0 Å². The number of allylic oxidation sites excluding steroid dienone is 2. The van der Waals surface area contributed by atoms with Crippen LogP contribution in [0.3, 0.4) is 0 Å². The second kappa shape index (κ2) is 7.95. The molecule has 4 heterocycles. The van der Waals surface area contributed by atoms with Crippen molar-refractivity contribution in [3.05, 3.63) is 41.5 Å². The van der Waals surface area contributed by atoms with Crippen LogP contribution in [0.25, 0.3) is 27.9 Å². The average molecular weight is 453 g/mol. The van der Waals surface area contributed by atoms with Gasteiger partial charge in [-0.2, -0.15) is 0 Å². The first-order chi connectivity index (χ1) is 16.5. The fourth-order valence-corrected chi connectivity index (χ4v) is 6.37. The third kappa shape index (κ3) is 3.33. The molecule has 1 unspecified atom stereocenters. The molecule has 1 atom stereocenters. The molecule has 34 heavy (non-hydrogen) atoms. The largest absolute Gasteiger partial charge is 0.383 e. The second-order valence-corrected chi connectivity index (χ2v) is 10.4. The summed E-state index contributed by atoms with van der Waals surface area (Å²) in [7, 11) is 2.05.